The van der Waals surface area contributed by atoms with Crippen molar-refractivity contribution >= 4 is 56.6 Å². The number of rotatable bonds is 4. The maximum absolute atomic E-state index is 6.69. The number of nitrogens with zero attached hydrogens (tertiary/aromatic N) is 7. The molecular weight excluding hydrogens is 490 g/mol. The first kappa shape index (κ1) is 22.0. The van der Waals surface area contributed by atoms with Crippen LogP contribution in [0, 0.1) is 6.92 Å². The molecule has 0 bridgehead atoms. The Labute approximate surface area is 216 Å². The van der Waals surface area contributed by atoms with Gasteiger partial charge < -0.3 is 19.9 Å². The number of benzene rings is 2. The van der Waals surface area contributed by atoms with E-state index in [1.54, 1.807) is 12.5 Å². The molecule has 5 heterocycles. The highest BCUT2D eigenvalue weighted by molar-refractivity contribution is 6.34. The van der Waals surface area contributed by atoms with Crippen molar-refractivity contribution in [2.75, 3.05) is 36.5 Å². The minimum atomic E-state index is 0.487. The molecule has 2 aromatic carbocycles. The van der Waals surface area contributed by atoms with Crippen molar-refractivity contribution in [3.05, 3.63) is 65.8 Å². The van der Waals surface area contributed by atoms with Crippen LogP contribution in [0.3, 0.4) is 0 Å². The van der Waals surface area contributed by atoms with Crippen molar-refractivity contribution in [2.24, 2.45) is 0 Å². The van der Waals surface area contributed by atoms with Crippen LogP contribution < -0.4 is 10.2 Å². The highest BCUT2D eigenvalue weighted by Crippen LogP contribution is 2.35. The van der Waals surface area contributed by atoms with Crippen LogP contribution in [0.2, 0.25) is 5.02 Å². The van der Waals surface area contributed by atoms with Gasteiger partial charge in [0.1, 0.15) is 12.2 Å². The van der Waals surface area contributed by atoms with E-state index < -0.39 is 0 Å². The number of imidazole rings is 1. The molecule has 0 aliphatic carbocycles. The number of nitrogens with one attached hydrogen (secondary N) is 2. The zero-order valence-electron chi connectivity index (χ0n) is 19.9. The van der Waals surface area contributed by atoms with Gasteiger partial charge in [-0.1, -0.05) is 11.6 Å². The van der Waals surface area contributed by atoms with Crippen LogP contribution in [-0.4, -0.2) is 60.8 Å². The summed E-state index contributed by atoms with van der Waals surface area (Å²) in [4.78, 5) is 19.4. The number of morpholine rings is 1. The normalized spacial score (nSPS) is 14.2. The Morgan fingerprint density at radius 2 is 1.84 bits per heavy atom. The molecule has 0 saturated carbocycles. The van der Waals surface area contributed by atoms with Gasteiger partial charge in [-0.15, -0.1) is 10.2 Å². The minimum absolute atomic E-state index is 0.487. The molecule has 11 heteroatoms. The Morgan fingerprint density at radius 1 is 1.00 bits per heavy atom. The fraction of sp³-hybridized carbons (Fsp3) is 0.192. The average Bonchev–Trinajstić information content (AvgIpc) is 3.55. The second-order valence-electron chi connectivity index (χ2n) is 9.00. The van der Waals surface area contributed by atoms with E-state index >= 15 is 0 Å². The molecule has 4 aromatic heterocycles. The third-order valence-corrected chi connectivity index (χ3v) is 6.90. The molecule has 1 saturated heterocycles. The van der Waals surface area contributed by atoms with Crippen molar-refractivity contribution in [3.63, 3.8) is 0 Å². The number of anilines is 3. The number of hydrogen-bond donors (Lipinski definition) is 2. The summed E-state index contributed by atoms with van der Waals surface area (Å²) in [6.07, 6.45) is 3.45. The first-order valence-electron chi connectivity index (χ1n) is 12.0. The fourth-order valence-electron chi connectivity index (χ4n) is 4.80. The summed E-state index contributed by atoms with van der Waals surface area (Å²) in [6, 6.07) is 14.1. The second kappa shape index (κ2) is 8.68. The van der Waals surface area contributed by atoms with Gasteiger partial charge in [0, 0.05) is 47.2 Å². The summed E-state index contributed by atoms with van der Waals surface area (Å²) in [6.45, 7) is 5.24. The first-order chi connectivity index (χ1) is 18.1. The Bertz CT molecular complexity index is 1770. The first-order valence-corrected chi connectivity index (χ1v) is 12.4. The van der Waals surface area contributed by atoms with Crippen LogP contribution in [0.1, 0.15) is 5.82 Å². The Kier molecular flexibility index (Phi) is 5.15. The van der Waals surface area contributed by atoms with Crippen LogP contribution in [0.15, 0.2) is 55.0 Å². The van der Waals surface area contributed by atoms with E-state index in [1.165, 1.54) is 5.69 Å². The van der Waals surface area contributed by atoms with E-state index in [0.29, 0.717) is 22.3 Å². The number of aromatic amines is 1. The summed E-state index contributed by atoms with van der Waals surface area (Å²) >= 11 is 6.69. The van der Waals surface area contributed by atoms with E-state index in [0.717, 1.165) is 65.4 Å². The predicted octanol–water partition coefficient (Wildman–Crippen LogP) is 4.76. The van der Waals surface area contributed by atoms with E-state index in [4.69, 9.17) is 21.3 Å². The van der Waals surface area contributed by atoms with Gasteiger partial charge >= 0.3 is 0 Å². The standard InChI is InChI=1S/C26H22ClN9O/c1-15-30-22-11-19(21(27)12-23(22)31-15)20-10-16-13-28-26(33-24(16)36-14-29-34-25(20)36)32-17-2-4-18(5-3-17)35-6-8-37-9-7-35/h2-5,10-14H,6-9H2,1H3,(H,30,31)(H,28,32,33). The fourth-order valence-corrected chi connectivity index (χ4v) is 5.07. The van der Waals surface area contributed by atoms with Gasteiger partial charge in [0.05, 0.1) is 29.3 Å². The smallest absolute Gasteiger partial charge is 0.229 e. The van der Waals surface area contributed by atoms with E-state index in [9.17, 15) is 0 Å². The molecular formula is C26H22ClN9O. The van der Waals surface area contributed by atoms with Crippen molar-refractivity contribution in [1.82, 2.24) is 34.5 Å². The summed E-state index contributed by atoms with van der Waals surface area (Å²) in [7, 11) is 0. The zero-order chi connectivity index (χ0) is 24.9. The maximum atomic E-state index is 6.69. The number of H-pyrrole nitrogens is 1. The van der Waals surface area contributed by atoms with Gasteiger partial charge in [-0.2, -0.15) is 4.98 Å². The molecule has 7 rings (SSSR count). The lowest BCUT2D eigenvalue weighted by Gasteiger charge is -2.28. The van der Waals surface area contributed by atoms with Crippen LogP contribution in [0.5, 0.6) is 0 Å². The van der Waals surface area contributed by atoms with Gasteiger partial charge in [-0.05, 0) is 49.4 Å². The number of aryl methyl sites for hydroxylation is 1. The van der Waals surface area contributed by atoms with Gasteiger partial charge in [0.15, 0.2) is 11.3 Å². The Morgan fingerprint density at radius 3 is 2.68 bits per heavy atom. The molecule has 10 nitrogen and oxygen atoms in total. The molecule has 0 unspecified atom stereocenters. The summed E-state index contributed by atoms with van der Waals surface area (Å²) in [5.41, 5.74) is 6.81. The molecule has 2 N–H and O–H groups in total. The van der Waals surface area contributed by atoms with Crippen molar-refractivity contribution in [1.29, 1.82) is 0 Å². The van der Waals surface area contributed by atoms with Gasteiger partial charge in [0.2, 0.25) is 5.95 Å². The summed E-state index contributed by atoms with van der Waals surface area (Å²) in [5, 5.41) is 13.3. The molecule has 0 radical (unpaired) electrons. The second-order valence-corrected chi connectivity index (χ2v) is 9.41. The number of aromatic nitrogens is 7. The lowest BCUT2D eigenvalue weighted by molar-refractivity contribution is 0.122. The molecule has 1 aliphatic rings. The molecule has 1 fully saturated rings. The highest BCUT2D eigenvalue weighted by atomic mass is 35.5. The summed E-state index contributed by atoms with van der Waals surface area (Å²) in [5.74, 6) is 1.32. The quantitative estimate of drug-likeness (QED) is 0.349. The van der Waals surface area contributed by atoms with E-state index in [-0.39, 0.29) is 0 Å². The maximum Gasteiger partial charge on any atom is 0.229 e. The SMILES string of the molecule is Cc1nc2cc(-c3cc4cnc(Nc5ccc(N6CCOCC6)cc5)nc4n4cnnc34)c(Cl)cc2[nH]1. The summed E-state index contributed by atoms with van der Waals surface area (Å²) < 4.78 is 7.30. The number of halogens is 1. The molecule has 6 aromatic rings. The molecule has 184 valence electrons. The molecule has 0 atom stereocenters. The lowest BCUT2D eigenvalue weighted by Crippen LogP contribution is -2.36. The Hall–Kier alpha value is -4.28. The Balaban J connectivity index is 1.25. The molecule has 1 aliphatic heterocycles. The topological polar surface area (TPSA) is 109 Å². The van der Waals surface area contributed by atoms with Crippen LogP contribution in [0.4, 0.5) is 17.3 Å². The van der Waals surface area contributed by atoms with E-state index in [1.807, 2.05) is 41.7 Å². The number of ether oxygens (including phenoxy) is 1. The number of fused-ring (bicyclic) bond motifs is 4. The van der Waals surface area contributed by atoms with Gasteiger partial charge in [0.25, 0.3) is 0 Å². The third-order valence-electron chi connectivity index (χ3n) is 6.59. The molecule has 0 amide bonds. The molecule has 0 spiro atoms. The minimum Gasteiger partial charge on any atom is -0.378 e. The lowest BCUT2D eigenvalue weighted by atomic mass is 10.0. The van der Waals surface area contributed by atoms with Crippen LogP contribution in [0.25, 0.3) is 38.8 Å². The average molecular weight is 512 g/mol. The number of pyridine rings is 1. The molecule has 37 heavy (non-hydrogen) atoms. The van der Waals surface area contributed by atoms with E-state index in [2.05, 4.69) is 47.5 Å². The van der Waals surface area contributed by atoms with Crippen LogP contribution >= 0.6 is 11.6 Å². The highest BCUT2D eigenvalue weighted by Gasteiger charge is 2.17. The van der Waals surface area contributed by atoms with Crippen molar-refractivity contribution < 1.29 is 4.74 Å². The predicted molar refractivity (Wildman–Crippen MR) is 144 cm³/mol. The zero-order valence-corrected chi connectivity index (χ0v) is 20.7. The third kappa shape index (κ3) is 3.90. The van der Waals surface area contributed by atoms with Crippen molar-refractivity contribution in [3.8, 4) is 11.1 Å². The van der Waals surface area contributed by atoms with Gasteiger partial charge in [-0.25, -0.2) is 9.97 Å². The van der Waals surface area contributed by atoms with Gasteiger partial charge in [-0.3, -0.25) is 4.40 Å². The largest absolute Gasteiger partial charge is 0.378 e. The monoisotopic (exact) mass is 511 g/mol. The number of hydrogen-bond acceptors (Lipinski definition) is 8. The van der Waals surface area contributed by atoms with Crippen LogP contribution in [-0.2, 0) is 4.74 Å². The van der Waals surface area contributed by atoms with Crippen molar-refractivity contribution in [2.45, 2.75) is 6.92 Å².